The van der Waals surface area contributed by atoms with Crippen molar-refractivity contribution in [3.05, 3.63) is 81.6 Å². The maximum atomic E-state index is 12.5. The van der Waals surface area contributed by atoms with Gasteiger partial charge in [0.05, 0.1) is 11.5 Å². The van der Waals surface area contributed by atoms with Crippen molar-refractivity contribution in [2.45, 2.75) is 36.2 Å². The molecule has 2 aromatic carbocycles. The Hall–Kier alpha value is -2.43. The van der Waals surface area contributed by atoms with E-state index in [1.54, 1.807) is 30.5 Å². The number of carbonyl (C=O) groups excluding carboxylic acids is 1. The Morgan fingerprint density at radius 1 is 1.18 bits per heavy atom. The van der Waals surface area contributed by atoms with Crippen LogP contribution in [0.25, 0.3) is 5.69 Å². The van der Waals surface area contributed by atoms with E-state index in [9.17, 15) is 13.6 Å². The zero-order chi connectivity index (χ0) is 24.2. The first-order valence-corrected chi connectivity index (χ1v) is 12.9. The molecule has 1 unspecified atom stereocenters. The molecule has 1 N–H and O–H groups in total. The van der Waals surface area contributed by atoms with Crippen LogP contribution in [0.3, 0.4) is 0 Å². The minimum absolute atomic E-state index is 0.140. The van der Waals surface area contributed by atoms with Gasteiger partial charge in [0.2, 0.25) is 5.91 Å². The van der Waals surface area contributed by atoms with E-state index in [1.807, 2.05) is 44.2 Å². The fourth-order valence-electron chi connectivity index (χ4n) is 3.66. The molecule has 1 amide bonds. The topological polar surface area (TPSA) is 58.8 Å². The molecule has 10 heteroatoms. The molecule has 1 aliphatic heterocycles. The van der Waals surface area contributed by atoms with Gasteiger partial charge in [-0.15, -0.1) is 5.10 Å². The Morgan fingerprint density at radius 3 is 2.56 bits per heavy atom. The largest absolute Gasteiger partial charge is 0.318 e. The summed E-state index contributed by atoms with van der Waals surface area (Å²) in [6.45, 7) is 4.06. The molecule has 176 valence electrons. The Morgan fingerprint density at radius 2 is 1.88 bits per heavy atom. The number of hydrogen-bond donors (Lipinski definition) is 1. The van der Waals surface area contributed by atoms with Gasteiger partial charge < -0.3 is 9.88 Å². The van der Waals surface area contributed by atoms with Crippen LogP contribution in [0.1, 0.15) is 22.5 Å². The predicted octanol–water partition coefficient (Wildman–Crippen LogP) is 6.34. The van der Waals surface area contributed by atoms with Gasteiger partial charge in [0.1, 0.15) is 0 Å². The average Bonchev–Trinajstić information content (AvgIpc) is 3.28. The number of aromatic nitrogens is 1. The van der Waals surface area contributed by atoms with Crippen LogP contribution in [0.2, 0.25) is 0 Å². The lowest BCUT2D eigenvalue weighted by molar-refractivity contribution is -0.118. The average molecular weight is 563 g/mol. The molecule has 3 aromatic rings. The van der Waals surface area contributed by atoms with Crippen LogP contribution >= 0.6 is 39.5 Å². The molecule has 2 heterocycles. The molecule has 5 nitrogen and oxygen atoms in total. The SMILES string of the molecule is Cc1cc(C=N/N=C2/NC(=O)C(Cc3ccc(SC(F)F)cc3)S2)c(C)n1-c1ccc(Br)cc1. The molecule has 1 aromatic heterocycles. The second kappa shape index (κ2) is 10.9. The van der Waals surface area contributed by atoms with E-state index in [4.69, 9.17) is 0 Å². The van der Waals surface area contributed by atoms with Crippen molar-refractivity contribution in [2.75, 3.05) is 0 Å². The summed E-state index contributed by atoms with van der Waals surface area (Å²) in [5, 5.41) is 11.2. The lowest BCUT2D eigenvalue weighted by Gasteiger charge is -2.09. The van der Waals surface area contributed by atoms with E-state index in [0.29, 0.717) is 28.2 Å². The fourth-order valence-corrected chi connectivity index (χ4v) is 5.39. The number of aryl methyl sites for hydroxylation is 1. The lowest BCUT2D eigenvalue weighted by Crippen LogP contribution is -2.25. The third-order valence-electron chi connectivity index (χ3n) is 5.25. The van der Waals surface area contributed by atoms with Crippen LogP contribution in [0, 0.1) is 13.8 Å². The number of amides is 1. The van der Waals surface area contributed by atoms with Crippen LogP contribution < -0.4 is 5.32 Å². The fraction of sp³-hybridized carbons (Fsp3) is 0.208. The highest BCUT2D eigenvalue weighted by Gasteiger charge is 2.30. The zero-order valence-corrected chi connectivity index (χ0v) is 21.6. The lowest BCUT2D eigenvalue weighted by atomic mass is 10.1. The van der Waals surface area contributed by atoms with Crippen molar-refractivity contribution in [3.63, 3.8) is 0 Å². The number of rotatable bonds is 7. The molecule has 34 heavy (non-hydrogen) atoms. The molecule has 1 fully saturated rings. The maximum Gasteiger partial charge on any atom is 0.288 e. The molecule has 1 saturated heterocycles. The molecule has 0 saturated carbocycles. The Balaban J connectivity index is 1.41. The van der Waals surface area contributed by atoms with Crippen LogP contribution in [-0.2, 0) is 11.2 Å². The summed E-state index contributed by atoms with van der Waals surface area (Å²) in [6, 6.07) is 17.0. The minimum atomic E-state index is -2.45. The molecule has 1 aliphatic rings. The smallest absolute Gasteiger partial charge is 0.288 e. The molecular weight excluding hydrogens is 542 g/mol. The highest BCUT2D eigenvalue weighted by molar-refractivity contribution is 9.10. The van der Waals surface area contributed by atoms with Crippen molar-refractivity contribution in [2.24, 2.45) is 10.2 Å². The molecule has 0 bridgehead atoms. The van der Waals surface area contributed by atoms with Gasteiger partial charge in [-0.1, -0.05) is 51.6 Å². The first kappa shape index (κ1) is 24.7. The van der Waals surface area contributed by atoms with Crippen LogP contribution in [-0.4, -0.2) is 32.9 Å². The summed E-state index contributed by atoms with van der Waals surface area (Å²) in [7, 11) is 0. The summed E-state index contributed by atoms with van der Waals surface area (Å²) in [6.07, 6.45) is 2.16. The molecular formula is C24H21BrF2N4OS2. The van der Waals surface area contributed by atoms with Crippen LogP contribution in [0.15, 0.2) is 74.2 Å². The number of amidine groups is 1. The van der Waals surface area contributed by atoms with E-state index in [2.05, 4.69) is 36.0 Å². The summed E-state index contributed by atoms with van der Waals surface area (Å²) in [4.78, 5) is 12.8. The highest BCUT2D eigenvalue weighted by atomic mass is 79.9. The maximum absolute atomic E-state index is 12.5. The quantitative estimate of drug-likeness (QED) is 0.208. The van der Waals surface area contributed by atoms with E-state index in [-0.39, 0.29) is 11.2 Å². The van der Waals surface area contributed by atoms with Gasteiger partial charge >= 0.3 is 0 Å². The predicted molar refractivity (Wildman–Crippen MR) is 140 cm³/mol. The standard InChI is InChI=1S/C24H21BrF2N4OS2/c1-14-11-17(15(2)31(14)19-7-5-18(25)6-8-19)13-28-30-24-29-22(32)21(34-24)12-16-3-9-20(10-4-16)33-23(26)27/h3-11,13,21,23H,12H2,1-2H3,(H,29,30,32). The number of alkyl halides is 2. The van der Waals surface area contributed by atoms with Crippen molar-refractivity contribution >= 4 is 56.7 Å². The molecule has 0 aliphatic carbocycles. The van der Waals surface area contributed by atoms with Gasteiger partial charge in [0, 0.05) is 32.0 Å². The summed E-state index contributed by atoms with van der Waals surface area (Å²) in [5.74, 6) is -2.59. The van der Waals surface area contributed by atoms with Crippen molar-refractivity contribution in [1.82, 2.24) is 9.88 Å². The van der Waals surface area contributed by atoms with Crippen molar-refractivity contribution in [3.8, 4) is 5.69 Å². The van der Waals surface area contributed by atoms with Gasteiger partial charge in [-0.3, -0.25) is 4.79 Å². The number of nitrogens with zero attached hydrogens (tertiary/aromatic N) is 3. The highest BCUT2D eigenvalue weighted by Crippen LogP contribution is 2.28. The number of benzene rings is 2. The van der Waals surface area contributed by atoms with Gasteiger partial charge in [-0.2, -0.15) is 13.9 Å². The number of hydrogen-bond acceptors (Lipinski definition) is 5. The van der Waals surface area contributed by atoms with Crippen LogP contribution in [0.4, 0.5) is 8.78 Å². The van der Waals surface area contributed by atoms with E-state index >= 15 is 0 Å². The number of nitrogens with one attached hydrogen (secondary N) is 1. The Bertz CT molecular complexity index is 1240. The van der Waals surface area contributed by atoms with Gasteiger partial charge in [0.25, 0.3) is 5.76 Å². The van der Waals surface area contributed by atoms with Gasteiger partial charge in [-0.25, -0.2) is 0 Å². The summed E-state index contributed by atoms with van der Waals surface area (Å²) < 4.78 is 28.1. The number of halogens is 3. The molecule has 0 radical (unpaired) electrons. The van der Waals surface area contributed by atoms with E-state index in [0.717, 1.165) is 32.7 Å². The minimum Gasteiger partial charge on any atom is -0.318 e. The van der Waals surface area contributed by atoms with Gasteiger partial charge in [-0.05, 0) is 68.3 Å². The first-order chi connectivity index (χ1) is 16.3. The van der Waals surface area contributed by atoms with Crippen molar-refractivity contribution < 1.29 is 13.6 Å². The Labute approximate surface area is 213 Å². The first-order valence-electron chi connectivity index (χ1n) is 10.4. The van der Waals surface area contributed by atoms with E-state index < -0.39 is 5.76 Å². The van der Waals surface area contributed by atoms with E-state index in [1.165, 1.54) is 11.8 Å². The third kappa shape index (κ3) is 5.97. The zero-order valence-electron chi connectivity index (χ0n) is 18.3. The monoisotopic (exact) mass is 562 g/mol. The number of thioether (sulfide) groups is 2. The second-order valence-corrected chi connectivity index (χ2v) is 10.8. The molecule has 1 atom stereocenters. The summed E-state index contributed by atoms with van der Waals surface area (Å²) in [5.41, 5.74) is 5.02. The third-order valence-corrected chi connectivity index (χ3v) is 7.57. The second-order valence-electron chi connectivity index (χ2n) is 7.61. The normalized spacial score (nSPS) is 17.3. The molecule has 0 spiro atoms. The van der Waals surface area contributed by atoms with Gasteiger partial charge in [0.15, 0.2) is 5.17 Å². The van der Waals surface area contributed by atoms with Crippen molar-refractivity contribution in [1.29, 1.82) is 0 Å². The molecule has 4 rings (SSSR count). The Kier molecular flexibility index (Phi) is 7.90. The number of carbonyl (C=O) groups is 1. The van der Waals surface area contributed by atoms with Crippen LogP contribution in [0.5, 0.6) is 0 Å². The summed E-state index contributed by atoms with van der Waals surface area (Å²) >= 11 is 5.28.